The van der Waals surface area contributed by atoms with Crippen LogP contribution in [0.5, 0.6) is 5.75 Å². The number of benzene rings is 2. The Morgan fingerprint density at radius 1 is 1.05 bits per heavy atom. The SMILES string of the molecule is CN1CCN(C(=O)Cc2csc(NS(C)(=O)=O)n2)CCOc2ccc(-c3cccnc3)cc2Cc2cccc(c2)C1=O. The first-order chi connectivity index (χ1) is 20.1. The zero-order valence-electron chi connectivity index (χ0n) is 23.3. The van der Waals surface area contributed by atoms with E-state index in [-0.39, 0.29) is 30.0 Å². The van der Waals surface area contributed by atoms with Crippen molar-refractivity contribution in [3.05, 3.63) is 94.8 Å². The van der Waals surface area contributed by atoms with Gasteiger partial charge in [0.1, 0.15) is 12.4 Å². The fourth-order valence-electron chi connectivity index (χ4n) is 4.69. The number of amides is 2. The Labute approximate surface area is 249 Å². The van der Waals surface area contributed by atoms with Crippen molar-refractivity contribution >= 4 is 38.3 Å². The lowest BCUT2D eigenvalue weighted by Crippen LogP contribution is -2.42. The largest absolute Gasteiger partial charge is 0.491 e. The minimum atomic E-state index is -3.47. The second kappa shape index (κ2) is 12.7. The van der Waals surface area contributed by atoms with Gasteiger partial charge in [0.05, 0.1) is 24.9 Å². The summed E-state index contributed by atoms with van der Waals surface area (Å²) in [5, 5.41) is 1.87. The molecule has 0 aliphatic carbocycles. The van der Waals surface area contributed by atoms with E-state index in [1.54, 1.807) is 34.5 Å². The number of nitrogens with zero attached hydrogens (tertiary/aromatic N) is 4. The molecule has 10 nitrogen and oxygen atoms in total. The summed E-state index contributed by atoms with van der Waals surface area (Å²) in [5.41, 5.74) is 4.97. The number of nitrogens with one attached hydrogen (secondary N) is 1. The van der Waals surface area contributed by atoms with Crippen LogP contribution >= 0.6 is 11.3 Å². The molecule has 2 aromatic heterocycles. The highest BCUT2D eigenvalue weighted by Gasteiger charge is 2.20. The van der Waals surface area contributed by atoms with Crippen LogP contribution in [-0.2, 0) is 27.7 Å². The number of carbonyl (C=O) groups is 2. The van der Waals surface area contributed by atoms with Crippen molar-refractivity contribution in [3.63, 3.8) is 0 Å². The molecule has 0 unspecified atom stereocenters. The van der Waals surface area contributed by atoms with E-state index in [4.69, 9.17) is 4.74 Å². The van der Waals surface area contributed by atoms with Gasteiger partial charge >= 0.3 is 0 Å². The highest BCUT2D eigenvalue weighted by Crippen LogP contribution is 2.29. The Kier molecular flexibility index (Phi) is 8.83. The Balaban J connectivity index is 1.41. The number of aromatic nitrogens is 2. The van der Waals surface area contributed by atoms with Gasteiger partial charge in [-0.2, -0.15) is 0 Å². The molecule has 4 aromatic rings. The van der Waals surface area contributed by atoms with Crippen molar-refractivity contribution in [3.8, 4) is 16.9 Å². The van der Waals surface area contributed by atoms with Crippen LogP contribution in [0.4, 0.5) is 5.13 Å². The molecule has 12 heteroatoms. The van der Waals surface area contributed by atoms with Crippen LogP contribution < -0.4 is 9.46 Å². The molecule has 0 saturated carbocycles. The van der Waals surface area contributed by atoms with Crippen molar-refractivity contribution in [1.29, 1.82) is 0 Å². The molecular weight excluding hydrogens is 574 g/mol. The standard InChI is InChI=1S/C30H31N5O5S2/c1-34-11-12-35(28(36)18-26-20-41-30(32-26)33-42(2,38)39)13-14-40-27-9-8-22(24-7-4-10-31-19-24)17-25(27)16-21-5-3-6-23(15-21)29(34)37/h3-10,15,17,19-20H,11-14,16,18H2,1-2H3,(H,32,33). The van der Waals surface area contributed by atoms with Gasteiger partial charge in [-0.1, -0.05) is 24.3 Å². The fraction of sp³-hybridized carbons (Fsp3) is 0.267. The zero-order valence-corrected chi connectivity index (χ0v) is 25.0. The van der Waals surface area contributed by atoms with Crippen LogP contribution in [0.2, 0.25) is 0 Å². The molecule has 0 spiro atoms. The molecule has 2 aromatic carbocycles. The molecule has 1 N–H and O–H groups in total. The van der Waals surface area contributed by atoms with E-state index in [0.717, 1.165) is 39.8 Å². The van der Waals surface area contributed by atoms with Crippen LogP contribution in [-0.4, -0.2) is 79.5 Å². The highest BCUT2D eigenvalue weighted by molar-refractivity contribution is 7.92. The van der Waals surface area contributed by atoms with E-state index in [1.165, 1.54) is 0 Å². The molecule has 1 aliphatic heterocycles. The van der Waals surface area contributed by atoms with Crippen molar-refractivity contribution in [1.82, 2.24) is 19.8 Å². The predicted octanol–water partition coefficient (Wildman–Crippen LogP) is 3.70. The first kappa shape index (κ1) is 29.2. The zero-order chi connectivity index (χ0) is 29.7. The highest BCUT2D eigenvalue weighted by atomic mass is 32.2. The fourth-order valence-corrected chi connectivity index (χ4v) is 6.25. The molecule has 42 heavy (non-hydrogen) atoms. The third-order valence-electron chi connectivity index (χ3n) is 6.80. The smallest absolute Gasteiger partial charge is 0.253 e. The van der Waals surface area contributed by atoms with Crippen LogP contribution in [0.1, 0.15) is 27.2 Å². The lowest BCUT2D eigenvalue weighted by atomic mass is 9.98. The van der Waals surface area contributed by atoms with E-state index < -0.39 is 10.0 Å². The Hall–Kier alpha value is -4.29. The topological polar surface area (TPSA) is 122 Å². The summed E-state index contributed by atoms with van der Waals surface area (Å²) in [6.45, 7) is 1.18. The average Bonchev–Trinajstić information content (AvgIpc) is 3.39. The Morgan fingerprint density at radius 2 is 1.88 bits per heavy atom. The van der Waals surface area contributed by atoms with Gasteiger partial charge < -0.3 is 14.5 Å². The van der Waals surface area contributed by atoms with E-state index in [2.05, 4.69) is 20.8 Å². The third-order valence-corrected chi connectivity index (χ3v) is 8.30. The second-order valence-corrected chi connectivity index (χ2v) is 12.7. The van der Waals surface area contributed by atoms with Crippen LogP contribution in [0.25, 0.3) is 11.1 Å². The average molecular weight is 606 g/mol. The lowest BCUT2D eigenvalue weighted by Gasteiger charge is -2.26. The Morgan fingerprint density at radius 3 is 2.67 bits per heavy atom. The van der Waals surface area contributed by atoms with E-state index in [9.17, 15) is 18.0 Å². The summed E-state index contributed by atoms with van der Waals surface area (Å²) in [6.07, 6.45) is 5.15. The molecular formula is C30H31N5O5S2. The first-order valence-electron chi connectivity index (χ1n) is 13.3. The maximum Gasteiger partial charge on any atom is 0.253 e. The number of sulfonamides is 1. The molecule has 5 rings (SSSR count). The number of thiazole rings is 1. The maximum absolute atomic E-state index is 13.4. The van der Waals surface area contributed by atoms with Gasteiger partial charge in [0.15, 0.2) is 5.13 Å². The number of hydrogen-bond acceptors (Lipinski definition) is 8. The predicted molar refractivity (Wildman–Crippen MR) is 162 cm³/mol. The number of likely N-dealkylation sites (N-methyl/N-ethyl adjacent to an activating group) is 1. The van der Waals surface area contributed by atoms with Crippen molar-refractivity contribution in [2.24, 2.45) is 0 Å². The van der Waals surface area contributed by atoms with Gasteiger partial charge in [0.25, 0.3) is 5.91 Å². The summed E-state index contributed by atoms with van der Waals surface area (Å²) >= 11 is 1.12. The molecule has 2 bridgehead atoms. The quantitative estimate of drug-likeness (QED) is 0.368. The van der Waals surface area contributed by atoms with Gasteiger partial charge in [-0.15, -0.1) is 11.3 Å². The number of pyridine rings is 1. The number of anilines is 1. The summed E-state index contributed by atoms with van der Waals surface area (Å²) in [4.78, 5) is 38.4. The number of rotatable bonds is 5. The molecule has 0 atom stereocenters. The van der Waals surface area contributed by atoms with Gasteiger partial charge in [-0.3, -0.25) is 19.3 Å². The monoisotopic (exact) mass is 605 g/mol. The molecule has 2 amide bonds. The van der Waals surface area contributed by atoms with Gasteiger partial charge in [-0.05, 0) is 47.0 Å². The lowest BCUT2D eigenvalue weighted by molar-refractivity contribution is -0.131. The van der Waals surface area contributed by atoms with E-state index >= 15 is 0 Å². The van der Waals surface area contributed by atoms with Gasteiger partial charge in [0, 0.05) is 55.5 Å². The number of fused-ring (bicyclic) bond motifs is 3. The molecule has 3 heterocycles. The second-order valence-electron chi connectivity index (χ2n) is 10.1. The summed E-state index contributed by atoms with van der Waals surface area (Å²) < 4.78 is 31.7. The molecule has 1 aliphatic rings. The molecule has 218 valence electrons. The van der Waals surface area contributed by atoms with E-state index in [0.29, 0.717) is 43.1 Å². The van der Waals surface area contributed by atoms with Gasteiger partial charge in [-0.25, -0.2) is 13.4 Å². The number of ether oxygens (including phenoxy) is 1. The number of carbonyl (C=O) groups excluding carboxylic acids is 2. The molecule has 0 saturated heterocycles. The summed E-state index contributed by atoms with van der Waals surface area (Å²) in [5.74, 6) is 0.381. The number of hydrogen-bond donors (Lipinski definition) is 1. The minimum absolute atomic E-state index is 0.00724. The van der Waals surface area contributed by atoms with Crippen molar-refractivity contribution in [2.75, 3.05) is 44.3 Å². The van der Waals surface area contributed by atoms with Crippen molar-refractivity contribution in [2.45, 2.75) is 12.8 Å². The Bertz CT molecular complexity index is 1690. The molecule has 0 fully saturated rings. The normalized spacial score (nSPS) is 14.5. The summed E-state index contributed by atoms with van der Waals surface area (Å²) in [7, 11) is -1.75. The van der Waals surface area contributed by atoms with Gasteiger partial charge in [0.2, 0.25) is 15.9 Å². The minimum Gasteiger partial charge on any atom is -0.491 e. The first-order valence-corrected chi connectivity index (χ1v) is 16.1. The molecule has 0 radical (unpaired) electrons. The maximum atomic E-state index is 13.4. The third kappa shape index (κ3) is 7.51. The van der Waals surface area contributed by atoms with E-state index in [1.807, 2.05) is 48.7 Å². The van der Waals surface area contributed by atoms with Crippen LogP contribution in [0, 0.1) is 0 Å². The summed E-state index contributed by atoms with van der Waals surface area (Å²) in [6, 6.07) is 17.5. The van der Waals surface area contributed by atoms with Crippen molar-refractivity contribution < 1.29 is 22.7 Å². The van der Waals surface area contributed by atoms with Crippen LogP contribution in [0.3, 0.4) is 0 Å². The van der Waals surface area contributed by atoms with Crippen LogP contribution in [0.15, 0.2) is 72.4 Å².